The molecule has 2 rings (SSSR count). The van der Waals surface area contributed by atoms with Gasteiger partial charge in [-0.15, -0.1) is 0 Å². The third-order valence-corrected chi connectivity index (χ3v) is 1.85. The van der Waals surface area contributed by atoms with E-state index in [1.54, 1.807) is 29.1 Å². The Labute approximate surface area is 74.5 Å². The molecule has 0 unspecified atom stereocenters. The summed E-state index contributed by atoms with van der Waals surface area (Å²) in [4.78, 5) is 14.7. The number of hydrogen-bond acceptors (Lipinski definition) is 2. The van der Waals surface area contributed by atoms with E-state index in [4.69, 9.17) is 5.11 Å². The van der Waals surface area contributed by atoms with E-state index in [0.717, 1.165) is 11.2 Å². The molecule has 2 aromatic heterocycles. The normalized spacial score (nSPS) is 10.5. The number of aromatic nitrogens is 2. The van der Waals surface area contributed by atoms with Gasteiger partial charge in [-0.1, -0.05) is 0 Å². The SMILES string of the molecule is Cc1cn2cc(C(=O)O)cc2cn1. The number of aryl methyl sites for hydroxylation is 1. The van der Waals surface area contributed by atoms with Crippen LogP contribution in [-0.4, -0.2) is 20.5 Å². The smallest absolute Gasteiger partial charge is 0.337 e. The Hall–Kier alpha value is -1.84. The molecule has 0 bridgehead atoms. The van der Waals surface area contributed by atoms with Gasteiger partial charge in [0.2, 0.25) is 0 Å². The van der Waals surface area contributed by atoms with E-state index in [9.17, 15) is 4.79 Å². The number of rotatable bonds is 1. The second-order valence-corrected chi connectivity index (χ2v) is 2.89. The van der Waals surface area contributed by atoms with E-state index in [-0.39, 0.29) is 5.56 Å². The number of fused-ring (bicyclic) bond motifs is 1. The monoisotopic (exact) mass is 176 g/mol. The first-order chi connectivity index (χ1) is 6.16. The van der Waals surface area contributed by atoms with Crippen molar-refractivity contribution in [2.75, 3.05) is 0 Å². The molecule has 0 amide bonds. The quantitative estimate of drug-likeness (QED) is 0.713. The maximum Gasteiger partial charge on any atom is 0.337 e. The maximum atomic E-state index is 10.6. The highest BCUT2D eigenvalue weighted by molar-refractivity contribution is 5.89. The first-order valence-electron chi connectivity index (χ1n) is 3.84. The van der Waals surface area contributed by atoms with Gasteiger partial charge in [0.05, 0.1) is 23.0 Å². The van der Waals surface area contributed by atoms with Crippen LogP contribution in [0.15, 0.2) is 24.7 Å². The van der Waals surface area contributed by atoms with Gasteiger partial charge in [0.15, 0.2) is 0 Å². The number of carboxylic acid groups (broad SMARTS) is 1. The van der Waals surface area contributed by atoms with Crippen molar-refractivity contribution >= 4 is 11.5 Å². The summed E-state index contributed by atoms with van der Waals surface area (Å²) in [6, 6.07) is 1.59. The van der Waals surface area contributed by atoms with E-state index in [2.05, 4.69) is 4.98 Å². The summed E-state index contributed by atoms with van der Waals surface area (Å²) < 4.78 is 1.76. The van der Waals surface area contributed by atoms with Gasteiger partial charge in [-0.05, 0) is 13.0 Å². The van der Waals surface area contributed by atoms with E-state index >= 15 is 0 Å². The average Bonchev–Trinajstić information content (AvgIpc) is 2.46. The van der Waals surface area contributed by atoms with Gasteiger partial charge in [-0.2, -0.15) is 0 Å². The van der Waals surface area contributed by atoms with Crippen LogP contribution in [0, 0.1) is 6.92 Å². The van der Waals surface area contributed by atoms with Crippen molar-refractivity contribution in [1.29, 1.82) is 0 Å². The predicted molar refractivity (Wildman–Crippen MR) is 46.9 cm³/mol. The van der Waals surface area contributed by atoms with Crippen LogP contribution in [0.1, 0.15) is 16.1 Å². The molecule has 2 heterocycles. The zero-order chi connectivity index (χ0) is 9.42. The van der Waals surface area contributed by atoms with Gasteiger partial charge < -0.3 is 9.51 Å². The third kappa shape index (κ3) is 1.26. The highest BCUT2D eigenvalue weighted by Gasteiger charge is 2.05. The van der Waals surface area contributed by atoms with Crippen LogP contribution in [0.4, 0.5) is 0 Å². The fourth-order valence-corrected chi connectivity index (χ4v) is 1.23. The van der Waals surface area contributed by atoms with Crippen LogP contribution in [0.2, 0.25) is 0 Å². The number of carbonyl (C=O) groups is 1. The Morgan fingerprint density at radius 1 is 1.54 bits per heavy atom. The maximum absolute atomic E-state index is 10.6. The summed E-state index contributed by atoms with van der Waals surface area (Å²) in [5, 5.41) is 8.72. The topological polar surface area (TPSA) is 54.6 Å². The summed E-state index contributed by atoms with van der Waals surface area (Å²) in [7, 11) is 0. The third-order valence-electron chi connectivity index (χ3n) is 1.85. The fraction of sp³-hybridized carbons (Fsp3) is 0.111. The lowest BCUT2D eigenvalue weighted by Crippen LogP contribution is -1.92. The second kappa shape index (κ2) is 2.58. The van der Waals surface area contributed by atoms with Gasteiger partial charge in [0.25, 0.3) is 0 Å². The fourth-order valence-electron chi connectivity index (χ4n) is 1.23. The molecule has 4 nitrogen and oxygen atoms in total. The lowest BCUT2D eigenvalue weighted by molar-refractivity contribution is 0.0697. The van der Waals surface area contributed by atoms with Gasteiger partial charge in [0, 0.05) is 12.4 Å². The summed E-state index contributed by atoms with van der Waals surface area (Å²) in [5.74, 6) is -0.915. The van der Waals surface area contributed by atoms with Gasteiger partial charge in [0.1, 0.15) is 0 Å². The minimum absolute atomic E-state index is 0.285. The lowest BCUT2D eigenvalue weighted by atomic mass is 10.3. The van der Waals surface area contributed by atoms with Gasteiger partial charge >= 0.3 is 5.97 Å². The summed E-state index contributed by atoms with van der Waals surface area (Å²) in [6.45, 7) is 1.86. The standard InChI is InChI=1S/C9H8N2O2/c1-6-4-11-5-7(9(12)13)2-8(11)3-10-6/h2-5H,1H3,(H,12,13). The van der Waals surface area contributed by atoms with Crippen molar-refractivity contribution in [3.8, 4) is 0 Å². The average molecular weight is 176 g/mol. The van der Waals surface area contributed by atoms with Gasteiger partial charge in [-0.25, -0.2) is 4.79 Å². The largest absolute Gasteiger partial charge is 0.478 e. The van der Waals surface area contributed by atoms with Crippen LogP contribution in [-0.2, 0) is 0 Å². The van der Waals surface area contributed by atoms with Crippen LogP contribution in [0.5, 0.6) is 0 Å². The van der Waals surface area contributed by atoms with E-state index in [1.807, 2.05) is 6.92 Å². The van der Waals surface area contributed by atoms with Crippen molar-refractivity contribution in [2.45, 2.75) is 6.92 Å². The Bertz CT molecular complexity index is 473. The number of carboxylic acids is 1. The van der Waals surface area contributed by atoms with Crippen molar-refractivity contribution in [3.63, 3.8) is 0 Å². The van der Waals surface area contributed by atoms with Crippen LogP contribution in [0.3, 0.4) is 0 Å². The Morgan fingerprint density at radius 2 is 2.31 bits per heavy atom. The van der Waals surface area contributed by atoms with E-state index in [1.165, 1.54) is 0 Å². The van der Waals surface area contributed by atoms with Gasteiger partial charge in [-0.3, -0.25) is 4.98 Å². The molecule has 2 aromatic rings. The Balaban J connectivity index is 2.68. The molecule has 0 aromatic carbocycles. The molecule has 0 saturated heterocycles. The molecule has 0 aliphatic heterocycles. The van der Waals surface area contributed by atoms with Crippen molar-refractivity contribution in [3.05, 3.63) is 35.9 Å². The Morgan fingerprint density at radius 3 is 3.00 bits per heavy atom. The highest BCUT2D eigenvalue weighted by Crippen LogP contribution is 2.09. The Kier molecular flexibility index (Phi) is 1.55. The van der Waals surface area contributed by atoms with Crippen LogP contribution < -0.4 is 0 Å². The lowest BCUT2D eigenvalue weighted by Gasteiger charge is -1.93. The van der Waals surface area contributed by atoms with Crippen LogP contribution >= 0.6 is 0 Å². The van der Waals surface area contributed by atoms with Crippen LogP contribution in [0.25, 0.3) is 5.52 Å². The van der Waals surface area contributed by atoms with Crippen molar-refractivity contribution in [1.82, 2.24) is 9.38 Å². The van der Waals surface area contributed by atoms with E-state index in [0.29, 0.717) is 0 Å². The molecule has 0 spiro atoms. The highest BCUT2D eigenvalue weighted by atomic mass is 16.4. The van der Waals surface area contributed by atoms with Crippen molar-refractivity contribution < 1.29 is 9.90 Å². The summed E-state index contributed by atoms with van der Waals surface area (Å²) in [5.41, 5.74) is 1.94. The molecule has 0 aliphatic carbocycles. The minimum atomic E-state index is -0.915. The second-order valence-electron chi connectivity index (χ2n) is 2.89. The molecule has 4 heteroatoms. The summed E-state index contributed by atoms with van der Waals surface area (Å²) >= 11 is 0. The number of nitrogens with zero attached hydrogens (tertiary/aromatic N) is 2. The summed E-state index contributed by atoms with van der Waals surface area (Å²) in [6.07, 6.45) is 5.02. The van der Waals surface area contributed by atoms with E-state index < -0.39 is 5.97 Å². The molecule has 0 saturated carbocycles. The molecule has 13 heavy (non-hydrogen) atoms. The zero-order valence-corrected chi connectivity index (χ0v) is 7.06. The molecule has 1 N–H and O–H groups in total. The molecule has 0 atom stereocenters. The minimum Gasteiger partial charge on any atom is -0.478 e. The number of hydrogen-bond donors (Lipinski definition) is 1. The first kappa shape index (κ1) is 7.79. The predicted octanol–water partition coefficient (Wildman–Crippen LogP) is 1.34. The molecule has 0 aliphatic rings. The molecule has 0 radical (unpaired) electrons. The zero-order valence-electron chi connectivity index (χ0n) is 7.06. The molecule has 0 fully saturated rings. The number of aromatic carboxylic acids is 1. The molecular weight excluding hydrogens is 168 g/mol. The molecular formula is C9H8N2O2. The molecule has 66 valence electrons. The first-order valence-corrected chi connectivity index (χ1v) is 3.84. The van der Waals surface area contributed by atoms with Crippen molar-refractivity contribution in [2.24, 2.45) is 0 Å².